The van der Waals surface area contributed by atoms with E-state index in [1.54, 1.807) is 18.8 Å². The lowest BCUT2D eigenvalue weighted by atomic mass is 10.0. The van der Waals surface area contributed by atoms with Crippen LogP contribution in [0.1, 0.15) is 11.6 Å². The minimum absolute atomic E-state index is 0.718. The molecule has 110 valence electrons. The van der Waals surface area contributed by atoms with Gasteiger partial charge in [0.05, 0.1) is 12.7 Å². The second-order valence-corrected chi connectivity index (χ2v) is 6.06. The number of anilines is 1. The highest BCUT2D eigenvalue weighted by Gasteiger charge is 2.40. The topological polar surface area (TPSA) is 58.3 Å². The highest BCUT2D eigenvalue weighted by molar-refractivity contribution is 5.40. The van der Waals surface area contributed by atoms with Gasteiger partial charge in [-0.2, -0.15) is 0 Å². The summed E-state index contributed by atoms with van der Waals surface area (Å²) in [6.45, 7) is 7.25. The summed E-state index contributed by atoms with van der Waals surface area (Å²) in [5, 5.41) is 0. The second kappa shape index (κ2) is 5.11. The Labute approximate surface area is 123 Å². The lowest BCUT2D eigenvalue weighted by molar-refractivity contribution is 0.274. The minimum Gasteiger partial charge on any atom is -0.448 e. The first-order valence-electron chi connectivity index (χ1n) is 7.42. The van der Waals surface area contributed by atoms with E-state index >= 15 is 0 Å². The van der Waals surface area contributed by atoms with Gasteiger partial charge in [0.25, 0.3) is 0 Å². The summed E-state index contributed by atoms with van der Waals surface area (Å²) in [6.07, 6.45) is 5.02. The van der Waals surface area contributed by atoms with Gasteiger partial charge in [0, 0.05) is 37.9 Å². The first kappa shape index (κ1) is 12.8. The van der Waals surface area contributed by atoms with Gasteiger partial charge in [0.1, 0.15) is 18.4 Å². The van der Waals surface area contributed by atoms with E-state index in [0.717, 1.165) is 62.0 Å². The van der Waals surface area contributed by atoms with E-state index in [-0.39, 0.29) is 0 Å². The van der Waals surface area contributed by atoms with Crippen molar-refractivity contribution in [3.8, 4) is 0 Å². The molecule has 4 heterocycles. The fourth-order valence-corrected chi connectivity index (χ4v) is 3.54. The van der Waals surface area contributed by atoms with Crippen molar-refractivity contribution in [1.82, 2.24) is 19.9 Å². The largest absolute Gasteiger partial charge is 0.448 e. The van der Waals surface area contributed by atoms with Crippen LogP contribution in [-0.4, -0.2) is 46.0 Å². The Kier molecular flexibility index (Phi) is 3.11. The molecule has 2 unspecified atom stereocenters. The fourth-order valence-electron chi connectivity index (χ4n) is 3.54. The van der Waals surface area contributed by atoms with E-state index in [4.69, 9.17) is 4.42 Å². The number of nitrogens with zero attached hydrogens (tertiary/aromatic N) is 5. The number of hydrogen-bond acceptors (Lipinski definition) is 6. The second-order valence-electron chi connectivity index (χ2n) is 6.06. The summed E-state index contributed by atoms with van der Waals surface area (Å²) in [6, 6.07) is 2.07. The zero-order valence-electron chi connectivity index (χ0n) is 12.1. The van der Waals surface area contributed by atoms with Crippen LogP contribution in [0.25, 0.3) is 0 Å². The molecule has 2 atom stereocenters. The number of rotatable bonds is 3. The lowest BCUT2D eigenvalue weighted by Crippen LogP contribution is -2.29. The Balaban J connectivity index is 1.39. The first-order chi connectivity index (χ1) is 10.3. The summed E-state index contributed by atoms with van der Waals surface area (Å²) in [5.74, 6) is 3.32. The Bertz CT molecular complexity index is 600. The number of aromatic nitrogens is 3. The SMILES string of the molecule is Cc1cc(N2CC3CN(Cc4ncco4)CC3C2)ncn1. The molecule has 0 N–H and O–H groups in total. The van der Waals surface area contributed by atoms with Gasteiger partial charge in [-0.3, -0.25) is 4.90 Å². The third kappa shape index (κ3) is 2.51. The number of hydrogen-bond donors (Lipinski definition) is 0. The van der Waals surface area contributed by atoms with Gasteiger partial charge in [0.15, 0.2) is 0 Å². The lowest BCUT2D eigenvalue weighted by Gasteiger charge is -2.21. The quantitative estimate of drug-likeness (QED) is 0.848. The molecule has 0 radical (unpaired) electrons. The van der Waals surface area contributed by atoms with Gasteiger partial charge in [-0.25, -0.2) is 15.0 Å². The Morgan fingerprint density at radius 3 is 2.62 bits per heavy atom. The number of aryl methyl sites for hydroxylation is 1. The molecule has 0 spiro atoms. The average molecular weight is 285 g/mol. The Morgan fingerprint density at radius 1 is 1.14 bits per heavy atom. The van der Waals surface area contributed by atoms with Crippen molar-refractivity contribution < 1.29 is 4.42 Å². The monoisotopic (exact) mass is 285 g/mol. The van der Waals surface area contributed by atoms with Gasteiger partial charge in [-0.1, -0.05) is 0 Å². The smallest absolute Gasteiger partial charge is 0.208 e. The third-order valence-electron chi connectivity index (χ3n) is 4.52. The van der Waals surface area contributed by atoms with E-state index in [1.807, 2.05) is 6.92 Å². The van der Waals surface area contributed by atoms with E-state index in [1.165, 1.54) is 0 Å². The number of fused-ring (bicyclic) bond motifs is 1. The summed E-state index contributed by atoms with van der Waals surface area (Å²) < 4.78 is 5.34. The van der Waals surface area contributed by atoms with Crippen molar-refractivity contribution in [3.63, 3.8) is 0 Å². The molecule has 4 rings (SSSR count). The molecule has 0 amide bonds. The fraction of sp³-hybridized carbons (Fsp3) is 0.533. The van der Waals surface area contributed by atoms with Gasteiger partial charge in [0.2, 0.25) is 5.89 Å². The zero-order chi connectivity index (χ0) is 14.2. The van der Waals surface area contributed by atoms with Crippen LogP contribution in [0, 0.1) is 18.8 Å². The number of likely N-dealkylation sites (tertiary alicyclic amines) is 1. The predicted octanol–water partition coefficient (Wildman–Crippen LogP) is 1.34. The van der Waals surface area contributed by atoms with Crippen molar-refractivity contribution in [3.05, 3.63) is 36.4 Å². The minimum atomic E-state index is 0.718. The summed E-state index contributed by atoms with van der Waals surface area (Å²) in [4.78, 5) is 17.6. The standard InChI is InChI=1S/C15H19N5O/c1-11-4-14(18-10-17-11)20-7-12-5-19(6-13(12)8-20)9-15-16-2-3-21-15/h2-4,10,12-13H,5-9H2,1H3. The van der Waals surface area contributed by atoms with Crippen LogP contribution in [0.2, 0.25) is 0 Å². The maximum absolute atomic E-state index is 5.34. The molecule has 0 bridgehead atoms. The molecule has 0 saturated carbocycles. The zero-order valence-corrected chi connectivity index (χ0v) is 12.1. The predicted molar refractivity (Wildman–Crippen MR) is 77.7 cm³/mol. The van der Waals surface area contributed by atoms with Crippen molar-refractivity contribution >= 4 is 5.82 Å². The van der Waals surface area contributed by atoms with Crippen LogP contribution < -0.4 is 4.90 Å². The van der Waals surface area contributed by atoms with Gasteiger partial charge < -0.3 is 9.32 Å². The van der Waals surface area contributed by atoms with Gasteiger partial charge >= 0.3 is 0 Å². The highest BCUT2D eigenvalue weighted by Crippen LogP contribution is 2.33. The normalized spacial score (nSPS) is 25.5. The van der Waals surface area contributed by atoms with Crippen LogP contribution >= 0.6 is 0 Å². The summed E-state index contributed by atoms with van der Waals surface area (Å²) >= 11 is 0. The molecule has 0 aliphatic carbocycles. The third-order valence-corrected chi connectivity index (χ3v) is 4.52. The molecule has 6 nitrogen and oxygen atoms in total. The van der Waals surface area contributed by atoms with E-state index in [2.05, 4.69) is 30.8 Å². The van der Waals surface area contributed by atoms with Crippen molar-refractivity contribution in [2.24, 2.45) is 11.8 Å². The molecule has 2 aliphatic rings. The van der Waals surface area contributed by atoms with E-state index < -0.39 is 0 Å². The van der Waals surface area contributed by atoms with E-state index in [9.17, 15) is 0 Å². The molecular formula is C15H19N5O. The summed E-state index contributed by atoms with van der Waals surface area (Å²) in [7, 11) is 0. The molecule has 6 heteroatoms. The average Bonchev–Trinajstić information content (AvgIpc) is 3.14. The van der Waals surface area contributed by atoms with Crippen LogP contribution in [0.4, 0.5) is 5.82 Å². The molecule has 2 aromatic rings. The molecule has 2 fully saturated rings. The van der Waals surface area contributed by atoms with Crippen LogP contribution in [-0.2, 0) is 6.54 Å². The molecular weight excluding hydrogens is 266 g/mol. The van der Waals surface area contributed by atoms with Gasteiger partial charge in [-0.15, -0.1) is 0 Å². The first-order valence-corrected chi connectivity index (χ1v) is 7.42. The molecule has 2 saturated heterocycles. The van der Waals surface area contributed by atoms with Crippen LogP contribution in [0.15, 0.2) is 29.3 Å². The number of oxazole rings is 1. The van der Waals surface area contributed by atoms with Gasteiger partial charge in [-0.05, 0) is 18.8 Å². The highest BCUT2D eigenvalue weighted by atomic mass is 16.3. The van der Waals surface area contributed by atoms with E-state index in [0.29, 0.717) is 0 Å². The van der Waals surface area contributed by atoms with Crippen LogP contribution in [0.5, 0.6) is 0 Å². The molecule has 0 aromatic carbocycles. The molecule has 21 heavy (non-hydrogen) atoms. The van der Waals surface area contributed by atoms with Crippen molar-refractivity contribution in [2.45, 2.75) is 13.5 Å². The molecule has 2 aromatic heterocycles. The Morgan fingerprint density at radius 2 is 1.95 bits per heavy atom. The van der Waals surface area contributed by atoms with Crippen LogP contribution in [0.3, 0.4) is 0 Å². The maximum atomic E-state index is 5.34. The summed E-state index contributed by atoms with van der Waals surface area (Å²) in [5.41, 5.74) is 1.03. The maximum Gasteiger partial charge on any atom is 0.208 e. The van der Waals surface area contributed by atoms with Crippen molar-refractivity contribution in [2.75, 3.05) is 31.1 Å². The van der Waals surface area contributed by atoms with Crippen molar-refractivity contribution in [1.29, 1.82) is 0 Å². The molecule has 2 aliphatic heterocycles. The Hall–Kier alpha value is -1.95.